The van der Waals surface area contributed by atoms with Crippen molar-refractivity contribution in [2.45, 2.75) is 13.3 Å². The van der Waals surface area contributed by atoms with Crippen LogP contribution in [0, 0.1) is 0 Å². The van der Waals surface area contributed by atoms with Crippen LogP contribution in [0.4, 0.5) is 5.69 Å². The van der Waals surface area contributed by atoms with Crippen LogP contribution in [0.15, 0.2) is 54.8 Å². The number of hydrogen-bond acceptors (Lipinski definition) is 1. The highest BCUT2D eigenvalue weighted by Crippen LogP contribution is 2.04. The Balaban J connectivity index is 2.35. The molecular formula is C12H15N. The molecule has 0 saturated carbocycles. The molecule has 0 heterocycles. The second-order valence-electron chi connectivity index (χ2n) is 2.71. The zero-order valence-corrected chi connectivity index (χ0v) is 7.90. The van der Waals surface area contributed by atoms with E-state index in [0.717, 1.165) is 12.1 Å². The highest BCUT2D eigenvalue weighted by atomic mass is 14.8. The van der Waals surface area contributed by atoms with Gasteiger partial charge in [-0.05, 0) is 24.6 Å². The smallest absolute Gasteiger partial charge is 0.0379 e. The van der Waals surface area contributed by atoms with Crippen molar-refractivity contribution >= 4 is 5.69 Å². The zero-order valence-electron chi connectivity index (χ0n) is 7.90. The third-order valence-corrected chi connectivity index (χ3v) is 1.60. The molecule has 0 unspecified atom stereocenters. The predicted molar refractivity (Wildman–Crippen MR) is 58.6 cm³/mol. The average Bonchev–Trinajstić information content (AvgIpc) is 2.19. The molecule has 68 valence electrons. The van der Waals surface area contributed by atoms with Gasteiger partial charge in [-0.2, -0.15) is 0 Å². The molecule has 0 spiro atoms. The van der Waals surface area contributed by atoms with Crippen LogP contribution in [0.2, 0.25) is 0 Å². The maximum atomic E-state index is 3.17. The fraction of sp³-hybridized carbons (Fsp3) is 0.167. The molecule has 1 nitrogen and oxygen atoms in total. The molecule has 0 fully saturated rings. The largest absolute Gasteiger partial charge is 0.362 e. The van der Waals surface area contributed by atoms with Crippen LogP contribution >= 0.6 is 0 Å². The molecule has 1 N–H and O–H groups in total. The Morgan fingerprint density at radius 1 is 1.15 bits per heavy atom. The molecule has 0 radical (unpaired) electrons. The Hall–Kier alpha value is -1.50. The van der Waals surface area contributed by atoms with E-state index in [4.69, 9.17) is 0 Å². The van der Waals surface area contributed by atoms with E-state index >= 15 is 0 Å². The van der Waals surface area contributed by atoms with Crippen molar-refractivity contribution < 1.29 is 0 Å². The highest BCUT2D eigenvalue weighted by molar-refractivity contribution is 5.45. The van der Waals surface area contributed by atoms with Gasteiger partial charge in [-0.25, -0.2) is 0 Å². The first kappa shape index (κ1) is 9.59. The summed E-state index contributed by atoms with van der Waals surface area (Å²) in [4.78, 5) is 0. The molecule has 0 atom stereocenters. The fourth-order valence-electron chi connectivity index (χ4n) is 0.949. The zero-order chi connectivity index (χ0) is 9.36. The SMILES string of the molecule is CC/C=C\C=C/Nc1ccccc1. The number of nitrogens with one attached hydrogen (secondary N) is 1. The molecule has 1 aromatic carbocycles. The lowest BCUT2D eigenvalue weighted by atomic mass is 10.3. The van der Waals surface area contributed by atoms with E-state index in [1.807, 2.05) is 48.7 Å². The fourth-order valence-corrected chi connectivity index (χ4v) is 0.949. The third-order valence-electron chi connectivity index (χ3n) is 1.60. The summed E-state index contributed by atoms with van der Waals surface area (Å²) in [5.41, 5.74) is 1.11. The van der Waals surface area contributed by atoms with Gasteiger partial charge in [-0.1, -0.05) is 37.3 Å². The molecule has 0 aliphatic heterocycles. The monoisotopic (exact) mass is 173 g/mol. The Morgan fingerprint density at radius 3 is 2.62 bits per heavy atom. The summed E-state index contributed by atoms with van der Waals surface area (Å²) in [6.45, 7) is 2.12. The minimum absolute atomic E-state index is 1.08. The van der Waals surface area contributed by atoms with E-state index in [9.17, 15) is 0 Å². The quantitative estimate of drug-likeness (QED) is 0.686. The van der Waals surface area contributed by atoms with Gasteiger partial charge >= 0.3 is 0 Å². The topological polar surface area (TPSA) is 12.0 Å². The van der Waals surface area contributed by atoms with Gasteiger partial charge in [-0.3, -0.25) is 0 Å². The van der Waals surface area contributed by atoms with E-state index in [0.29, 0.717) is 0 Å². The van der Waals surface area contributed by atoms with Crippen LogP contribution in [0.25, 0.3) is 0 Å². The highest BCUT2D eigenvalue weighted by Gasteiger charge is 1.81. The van der Waals surface area contributed by atoms with E-state index < -0.39 is 0 Å². The van der Waals surface area contributed by atoms with Gasteiger partial charge in [0.15, 0.2) is 0 Å². The molecular weight excluding hydrogens is 158 g/mol. The maximum absolute atomic E-state index is 3.17. The average molecular weight is 173 g/mol. The summed E-state index contributed by atoms with van der Waals surface area (Å²) in [5.74, 6) is 0. The van der Waals surface area contributed by atoms with Crippen molar-refractivity contribution in [1.29, 1.82) is 0 Å². The van der Waals surface area contributed by atoms with E-state index in [2.05, 4.69) is 18.3 Å². The molecule has 0 aliphatic rings. The van der Waals surface area contributed by atoms with E-state index in [1.54, 1.807) is 0 Å². The first-order valence-corrected chi connectivity index (χ1v) is 4.56. The normalized spacial score (nSPS) is 11.2. The Morgan fingerprint density at radius 2 is 1.92 bits per heavy atom. The minimum Gasteiger partial charge on any atom is -0.362 e. The van der Waals surface area contributed by atoms with Gasteiger partial charge in [0.1, 0.15) is 0 Å². The summed E-state index contributed by atoms with van der Waals surface area (Å²) in [6, 6.07) is 10.1. The van der Waals surface area contributed by atoms with Gasteiger partial charge in [0.05, 0.1) is 0 Å². The summed E-state index contributed by atoms with van der Waals surface area (Å²) in [5, 5.41) is 3.17. The van der Waals surface area contributed by atoms with Crippen LogP contribution in [0.1, 0.15) is 13.3 Å². The standard InChI is InChI=1S/C12H15N/c1-2-3-4-8-11-13-12-9-6-5-7-10-12/h3-11,13H,2H2,1H3/b4-3-,11-8-. The first-order chi connectivity index (χ1) is 6.43. The number of para-hydroxylation sites is 1. The number of allylic oxidation sites excluding steroid dienone is 3. The first-order valence-electron chi connectivity index (χ1n) is 4.56. The van der Waals surface area contributed by atoms with Gasteiger partial charge in [0.25, 0.3) is 0 Å². The van der Waals surface area contributed by atoms with Gasteiger partial charge in [0.2, 0.25) is 0 Å². The lowest BCUT2D eigenvalue weighted by molar-refractivity contribution is 1.22. The molecule has 0 saturated heterocycles. The lowest BCUT2D eigenvalue weighted by Gasteiger charge is -1.97. The maximum Gasteiger partial charge on any atom is 0.0379 e. The van der Waals surface area contributed by atoms with E-state index in [1.165, 1.54) is 0 Å². The molecule has 13 heavy (non-hydrogen) atoms. The molecule has 1 aromatic rings. The molecule has 0 aromatic heterocycles. The van der Waals surface area contributed by atoms with Crippen molar-refractivity contribution in [2.24, 2.45) is 0 Å². The predicted octanol–water partition coefficient (Wildman–Crippen LogP) is 3.58. The minimum atomic E-state index is 1.08. The van der Waals surface area contributed by atoms with Crippen LogP contribution in [-0.2, 0) is 0 Å². The van der Waals surface area contributed by atoms with Crippen molar-refractivity contribution in [3.05, 3.63) is 54.8 Å². The number of anilines is 1. The second kappa shape index (κ2) is 6.06. The second-order valence-corrected chi connectivity index (χ2v) is 2.71. The summed E-state index contributed by atoms with van der Waals surface area (Å²) in [6.07, 6.45) is 9.16. The molecule has 0 aliphatic carbocycles. The molecule has 0 amide bonds. The Kier molecular flexibility index (Phi) is 4.47. The van der Waals surface area contributed by atoms with Crippen LogP contribution < -0.4 is 5.32 Å². The molecule has 0 bridgehead atoms. The Bertz CT molecular complexity index is 272. The van der Waals surface area contributed by atoms with Crippen molar-refractivity contribution in [3.8, 4) is 0 Å². The van der Waals surface area contributed by atoms with Crippen molar-refractivity contribution in [1.82, 2.24) is 0 Å². The van der Waals surface area contributed by atoms with E-state index in [-0.39, 0.29) is 0 Å². The number of rotatable bonds is 4. The number of hydrogen-bond donors (Lipinski definition) is 1. The van der Waals surface area contributed by atoms with Crippen LogP contribution in [0.3, 0.4) is 0 Å². The van der Waals surface area contributed by atoms with Crippen LogP contribution in [-0.4, -0.2) is 0 Å². The molecule has 1 heteroatoms. The van der Waals surface area contributed by atoms with Crippen molar-refractivity contribution in [3.63, 3.8) is 0 Å². The number of benzene rings is 1. The lowest BCUT2D eigenvalue weighted by Crippen LogP contribution is -1.84. The van der Waals surface area contributed by atoms with Crippen LogP contribution in [0.5, 0.6) is 0 Å². The Labute approximate surface area is 79.8 Å². The summed E-state index contributed by atoms with van der Waals surface area (Å²) < 4.78 is 0. The van der Waals surface area contributed by atoms with Gasteiger partial charge in [-0.15, -0.1) is 0 Å². The van der Waals surface area contributed by atoms with Gasteiger partial charge in [0, 0.05) is 11.9 Å². The molecule has 1 rings (SSSR count). The van der Waals surface area contributed by atoms with Gasteiger partial charge < -0.3 is 5.32 Å². The third kappa shape index (κ3) is 4.16. The van der Waals surface area contributed by atoms with Crippen molar-refractivity contribution in [2.75, 3.05) is 5.32 Å². The summed E-state index contributed by atoms with van der Waals surface area (Å²) >= 11 is 0. The summed E-state index contributed by atoms with van der Waals surface area (Å²) in [7, 11) is 0.